The number of ether oxygens (including phenoxy) is 1. The number of carbonyl (C=O) groups excluding carboxylic acids is 1. The van der Waals surface area contributed by atoms with Gasteiger partial charge in [-0.2, -0.15) is 0 Å². The topological polar surface area (TPSA) is 26.3 Å². The van der Waals surface area contributed by atoms with Gasteiger partial charge in [-0.1, -0.05) is 24.3 Å². The maximum atomic E-state index is 13.4. The summed E-state index contributed by atoms with van der Waals surface area (Å²) >= 11 is 0. The zero-order chi connectivity index (χ0) is 13.1. The highest BCUT2D eigenvalue weighted by atomic mass is 19.1. The Kier molecular flexibility index (Phi) is 3.42. The Hall–Kier alpha value is -2.16. The summed E-state index contributed by atoms with van der Waals surface area (Å²) in [6.45, 7) is 1.66. The fourth-order valence-corrected chi connectivity index (χ4v) is 1.67. The van der Waals surface area contributed by atoms with Crippen molar-refractivity contribution in [3.05, 3.63) is 65.0 Å². The fraction of sp³-hybridized carbons (Fsp3) is 0.133. The number of carbonyl (C=O) groups is 1. The van der Waals surface area contributed by atoms with Crippen molar-refractivity contribution in [1.29, 1.82) is 0 Å². The molecule has 2 nitrogen and oxygen atoms in total. The van der Waals surface area contributed by atoms with E-state index in [4.69, 9.17) is 4.74 Å². The van der Waals surface area contributed by atoms with E-state index in [2.05, 4.69) is 0 Å². The summed E-state index contributed by atoms with van der Waals surface area (Å²) in [5, 5.41) is 0. The van der Waals surface area contributed by atoms with E-state index in [1.54, 1.807) is 43.3 Å². The van der Waals surface area contributed by atoms with E-state index < -0.39 is 0 Å². The summed E-state index contributed by atoms with van der Waals surface area (Å²) in [5.74, 6) is 0.0185. The maximum absolute atomic E-state index is 13.4. The first kappa shape index (κ1) is 12.3. The normalized spacial score (nSPS) is 10.2. The van der Waals surface area contributed by atoms with Crippen molar-refractivity contribution in [3.63, 3.8) is 0 Å². The summed E-state index contributed by atoms with van der Waals surface area (Å²) in [4.78, 5) is 12.2. The molecule has 0 spiro atoms. The number of hydrogen-bond donors (Lipinski definition) is 0. The molecule has 0 aliphatic carbocycles. The quantitative estimate of drug-likeness (QED) is 0.774. The van der Waals surface area contributed by atoms with Gasteiger partial charge in [0, 0.05) is 11.1 Å². The molecule has 92 valence electrons. The second-order valence-corrected chi connectivity index (χ2v) is 4.03. The van der Waals surface area contributed by atoms with E-state index >= 15 is 0 Å². The molecule has 0 aromatic heterocycles. The van der Waals surface area contributed by atoms with Crippen LogP contribution >= 0.6 is 0 Å². The zero-order valence-corrected chi connectivity index (χ0v) is 10.2. The molecule has 0 saturated carbocycles. The van der Waals surface area contributed by atoms with Crippen LogP contribution in [0.2, 0.25) is 0 Å². The average molecular weight is 244 g/mol. The van der Waals surface area contributed by atoms with Crippen molar-refractivity contribution in [2.75, 3.05) is 7.11 Å². The van der Waals surface area contributed by atoms with Gasteiger partial charge in [0.15, 0.2) is 5.78 Å². The van der Waals surface area contributed by atoms with Crippen molar-refractivity contribution in [1.82, 2.24) is 0 Å². The van der Waals surface area contributed by atoms with Gasteiger partial charge >= 0.3 is 0 Å². The Labute approximate surface area is 105 Å². The number of rotatable bonds is 3. The van der Waals surface area contributed by atoms with Gasteiger partial charge in [-0.25, -0.2) is 4.39 Å². The Bertz CT molecular complexity index is 591. The van der Waals surface area contributed by atoms with Gasteiger partial charge in [-0.15, -0.1) is 0 Å². The highest BCUT2D eigenvalue weighted by Crippen LogP contribution is 2.17. The molecule has 2 rings (SSSR count). The molecule has 0 bridgehead atoms. The summed E-state index contributed by atoms with van der Waals surface area (Å²) in [6.07, 6.45) is 0. The van der Waals surface area contributed by atoms with Crippen molar-refractivity contribution in [2.24, 2.45) is 0 Å². The minimum Gasteiger partial charge on any atom is -0.497 e. The lowest BCUT2D eigenvalue weighted by Crippen LogP contribution is -2.02. The highest BCUT2D eigenvalue weighted by Gasteiger charge is 2.11. The molecule has 2 aromatic carbocycles. The Balaban J connectivity index is 2.38. The lowest BCUT2D eigenvalue weighted by molar-refractivity contribution is 0.103. The monoisotopic (exact) mass is 244 g/mol. The zero-order valence-electron chi connectivity index (χ0n) is 10.2. The standard InChI is InChI=1S/C15H13FO2/c1-10-6-7-12(9-14(10)16)15(17)11-4-3-5-13(8-11)18-2/h3-9H,1-2H3. The first-order valence-electron chi connectivity index (χ1n) is 5.56. The third kappa shape index (κ3) is 2.40. The van der Waals surface area contributed by atoms with E-state index in [1.165, 1.54) is 13.2 Å². The molecule has 0 aliphatic heterocycles. The second-order valence-electron chi connectivity index (χ2n) is 4.03. The molecule has 3 heteroatoms. The predicted molar refractivity (Wildman–Crippen MR) is 67.6 cm³/mol. The van der Waals surface area contributed by atoms with Crippen LogP contribution < -0.4 is 4.74 Å². The van der Waals surface area contributed by atoms with Gasteiger partial charge in [0.2, 0.25) is 0 Å². The van der Waals surface area contributed by atoms with E-state index in [1.807, 2.05) is 0 Å². The molecule has 0 N–H and O–H groups in total. The van der Waals surface area contributed by atoms with Crippen LogP contribution in [0.4, 0.5) is 4.39 Å². The summed E-state index contributed by atoms with van der Waals surface area (Å²) in [7, 11) is 1.54. The third-order valence-corrected chi connectivity index (χ3v) is 2.77. The van der Waals surface area contributed by atoms with Crippen molar-refractivity contribution < 1.29 is 13.9 Å². The number of aryl methyl sites for hydroxylation is 1. The van der Waals surface area contributed by atoms with Gasteiger partial charge in [-0.3, -0.25) is 4.79 Å². The van der Waals surface area contributed by atoms with E-state index in [0.717, 1.165) is 0 Å². The van der Waals surface area contributed by atoms with Crippen molar-refractivity contribution in [3.8, 4) is 5.75 Å². The molecular weight excluding hydrogens is 231 g/mol. The number of benzene rings is 2. The van der Waals surface area contributed by atoms with Crippen LogP contribution in [-0.2, 0) is 0 Å². The number of ketones is 1. The van der Waals surface area contributed by atoms with E-state index in [0.29, 0.717) is 22.4 Å². The van der Waals surface area contributed by atoms with Gasteiger partial charge in [-0.05, 0) is 30.7 Å². The fourth-order valence-electron chi connectivity index (χ4n) is 1.67. The molecule has 0 fully saturated rings. The Morgan fingerprint density at radius 2 is 1.83 bits per heavy atom. The van der Waals surface area contributed by atoms with Crippen LogP contribution in [0.25, 0.3) is 0 Å². The number of hydrogen-bond acceptors (Lipinski definition) is 2. The smallest absolute Gasteiger partial charge is 0.193 e. The molecule has 0 aliphatic rings. The lowest BCUT2D eigenvalue weighted by Gasteiger charge is -2.05. The number of halogens is 1. The second kappa shape index (κ2) is 5.00. The van der Waals surface area contributed by atoms with Crippen molar-refractivity contribution >= 4 is 5.78 Å². The molecule has 0 unspecified atom stereocenters. The summed E-state index contributed by atoms with van der Waals surface area (Å²) in [6, 6.07) is 11.3. The van der Waals surface area contributed by atoms with Crippen LogP contribution in [0.15, 0.2) is 42.5 Å². The highest BCUT2D eigenvalue weighted by molar-refractivity contribution is 6.09. The minimum absolute atomic E-state index is 0.215. The van der Waals surface area contributed by atoms with Crippen molar-refractivity contribution in [2.45, 2.75) is 6.92 Å². The molecular formula is C15H13FO2. The largest absolute Gasteiger partial charge is 0.497 e. The molecule has 0 atom stereocenters. The first-order chi connectivity index (χ1) is 8.61. The summed E-state index contributed by atoms with van der Waals surface area (Å²) in [5.41, 5.74) is 1.35. The lowest BCUT2D eigenvalue weighted by atomic mass is 10.0. The summed E-state index contributed by atoms with van der Waals surface area (Å²) < 4.78 is 18.5. The van der Waals surface area contributed by atoms with Gasteiger partial charge in [0.05, 0.1) is 7.11 Å². The van der Waals surface area contributed by atoms with Gasteiger partial charge in [0.25, 0.3) is 0 Å². The number of methoxy groups -OCH3 is 1. The van der Waals surface area contributed by atoms with E-state index in [9.17, 15) is 9.18 Å². The Morgan fingerprint density at radius 3 is 2.50 bits per heavy atom. The average Bonchev–Trinajstić information content (AvgIpc) is 2.41. The molecule has 18 heavy (non-hydrogen) atoms. The molecule has 0 saturated heterocycles. The van der Waals surface area contributed by atoms with Crippen LogP contribution in [0.1, 0.15) is 21.5 Å². The molecule has 2 aromatic rings. The maximum Gasteiger partial charge on any atom is 0.193 e. The minimum atomic E-state index is -0.372. The third-order valence-electron chi connectivity index (χ3n) is 2.77. The predicted octanol–water partition coefficient (Wildman–Crippen LogP) is 3.37. The Morgan fingerprint density at radius 1 is 1.11 bits per heavy atom. The van der Waals surface area contributed by atoms with Gasteiger partial charge in [0.1, 0.15) is 11.6 Å². The van der Waals surface area contributed by atoms with Crippen LogP contribution in [0.3, 0.4) is 0 Å². The SMILES string of the molecule is COc1cccc(C(=O)c2ccc(C)c(F)c2)c1. The van der Waals surface area contributed by atoms with E-state index in [-0.39, 0.29) is 11.6 Å². The molecule has 0 heterocycles. The first-order valence-corrected chi connectivity index (χ1v) is 5.56. The molecule has 0 amide bonds. The van der Waals surface area contributed by atoms with Gasteiger partial charge < -0.3 is 4.74 Å². The molecule has 0 radical (unpaired) electrons. The van der Waals surface area contributed by atoms with Crippen LogP contribution in [-0.4, -0.2) is 12.9 Å². The van der Waals surface area contributed by atoms with Crippen LogP contribution in [0, 0.1) is 12.7 Å². The van der Waals surface area contributed by atoms with Crippen LogP contribution in [0.5, 0.6) is 5.75 Å².